The van der Waals surface area contributed by atoms with Gasteiger partial charge < -0.3 is 0 Å². The zero-order valence-electron chi connectivity index (χ0n) is 42.7. The van der Waals surface area contributed by atoms with Crippen LogP contribution in [0, 0.1) is 0 Å². The Balaban J connectivity index is 0.000000118. The van der Waals surface area contributed by atoms with Crippen molar-refractivity contribution in [1.82, 2.24) is 29.9 Å². The van der Waals surface area contributed by atoms with Crippen molar-refractivity contribution < 1.29 is 19.5 Å². The van der Waals surface area contributed by atoms with Gasteiger partial charge in [0.15, 0.2) is 0 Å². The molecule has 79 heavy (non-hydrogen) atoms. The van der Waals surface area contributed by atoms with Crippen LogP contribution in [-0.2, 0) is 19.5 Å². The number of nitrogens with zero attached hydrogens (tertiary/aromatic N) is 6. The molecule has 7 heteroatoms. The van der Waals surface area contributed by atoms with Crippen LogP contribution in [0.1, 0.15) is 0 Å². The molecule has 374 valence electrons. The Morgan fingerprint density at radius 1 is 0.190 bits per heavy atom. The molecule has 0 amide bonds. The van der Waals surface area contributed by atoms with Gasteiger partial charge in [-0.05, 0) is 53.1 Å². The Labute approximate surface area is 470 Å². The third kappa shape index (κ3) is 10.3. The number of hydrogen-bond acceptors (Lipinski definition) is 6. The van der Waals surface area contributed by atoms with E-state index in [4.69, 9.17) is 15.0 Å². The minimum Gasteiger partial charge on any atom is -0.254 e. The summed E-state index contributed by atoms with van der Waals surface area (Å²) in [5, 5.41) is 6.65. The molecule has 0 atom stereocenters. The van der Waals surface area contributed by atoms with E-state index in [1.54, 1.807) is 0 Å². The SMILES string of the molecule is [Ru].c1ccc(-c2cc3ccc4cccnc4c3nc2-c2ccccc2)cc1.c1ccc(-c2cc3ccc4cccnc4c3nc2-c2ccccc2)cc1.c1ccc(-c2cc3ccc4cccnc4c3nc2-c2ccccc2)cc1. The van der Waals surface area contributed by atoms with Gasteiger partial charge in [0.05, 0.1) is 50.2 Å². The quantitative estimate of drug-likeness (QED) is 0.122. The van der Waals surface area contributed by atoms with Gasteiger partial charge in [-0.2, -0.15) is 0 Å². The Morgan fingerprint density at radius 2 is 0.418 bits per heavy atom. The van der Waals surface area contributed by atoms with Crippen LogP contribution in [0.25, 0.3) is 133 Å². The van der Waals surface area contributed by atoms with Gasteiger partial charge in [-0.25, -0.2) is 15.0 Å². The van der Waals surface area contributed by atoms with Gasteiger partial charge in [-0.3, -0.25) is 15.0 Å². The molecule has 15 rings (SSSR count). The van der Waals surface area contributed by atoms with Gasteiger partial charge in [-0.15, -0.1) is 0 Å². The van der Waals surface area contributed by atoms with Crippen molar-refractivity contribution in [2.75, 3.05) is 0 Å². The van der Waals surface area contributed by atoms with Crippen LogP contribution in [0.4, 0.5) is 0 Å². The first kappa shape index (κ1) is 49.9. The molecular weight excluding hydrogens is 1050 g/mol. The fourth-order valence-corrected chi connectivity index (χ4v) is 10.3. The van der Waals surface area contributed by atoms with E-state index in [2.05, 4.69) is 233 Å². The standard InChI is InChI=1S/3C24H16N2.Ru/c3*1-3-8-17(9-4-1)21-16-20-14-13-19-12-7-15-25-23(19)24(20)26-22(21)18-10-5-2-6-11-18;/h3*1-16H;. The van der Waals surface area contributed by atoms with Crippen LogP contribution in [-0.4, -0.2) is 29.9 Å². The molecular formula is C72H48N6Ru. The first-order valence-corrected chi connectivity index (χ1v) is 26.1. The fraction of sp³-hybridized carbons (Fsp3) is 0. The first-order chi connectivity index (χ1) is 38.7. The molecule has 15 aromatic rings. The van der Waals surface area contributed by atoms with Gasteiger partial charge in [0.1, 0.15) is 0 Å². The maximum absolute atomic E-state index is 5.09. The van der Waals surface area contributed by atoms with Crippen molar-refractivity contribution in [1.29, 1.82) is 0 Å². The average Bonchev–Trinajstić information content (AvgIpc) is 3.71. The minimum absolute atomic E-state index is 0. The maximum atomic E-state index is 5.09. The largest absolute Gasteiger partial charge is 0.254 e. The van der Waals surface area contributed by atoms with E-state index in [0.717, 1.165) is 116 Å². The van der Waals surface area contributed by atoms with E-state index in [0.29, 0.717) is 0 Å². The average molecular weight is 1100 g/mol. The van der Waals surface area contributed by atoms with Gasteiger partial charge in [0, 0.05) is 104 Å². The van der Waals surface area contributed by atoms with E-state index in [1.807, 2.05) is 73.2 Å². The topological polar surface area (TPSA) is 77.3 Å². The van der Waals surface area contributed by atoms with Crippen molar-refractivity contribution in [2.24, 2.45) is 0 Å². The molecule has 0 N–H and O–H groups in total. The molecule has 0 unspecified atom stereocenters. The predicted octanol–water partition coefficient (Wildman–Crippen LogP) is 18.3. The van der Waals surface area contributed by atoms with E-state index >= 15 is 0 Å². The summed E-state index contributed by atoms with van der Waals surface area (Å²) in [6.45, 7) is 0. The normalized spacial score (nSPS) is 10.9. The van der Waals surface area contributed by atoms with E-state index in [1.165, 1.54) is 16.7 Å². The van der Waals surface area contributed by atoms with Gasteiger partial charge >= 0.3 is 0 Å². The van der Waals surface area contributed by atoms with Crippen LogP contribution in [0.5, 0.6) is 0 Å². The van der Waals surface area contributed by atoms with Crippen molar-refractivity contribution in [3.05, 3.63) is 292 Å². The van der Waals surface area contributed by atoms with Crippen molar-refractivity contribution >= 4 is 65.4 Å². The molecule has 0 aliphatic carbocycles. The molecule has 0 saturated heterocycles. The maximum Gasteiger partial charge on any atom is 0.0972 e. The van der Waals surface area contributed by atoms with Crippen LogP contribution < -0.4 is 0 Å². The predicted molar refractivity (Wildman–Crippen MR) is 324 cm³/mol. The molecule has 0 aliphatic rings. The Hall–Kier alpha value is -9.94. The monoisotopic (exact) mass is 1100 g/mol. The van der Waals surface area contributed by atoms with Gasteiger partial charge in [0.25, 0.3) is 0 Å². The second kappa shape index (κ2) is 22.7. The molecule has 9 aromatic carbocycles. The van der Waals surface area contributed by atoms with Crippen LogP contribution >= 0.6 is 0 Å². The summed E-state index contributed by atoms with van der Waals surface area (Å²) in [7, 11) is 0. The zero-order valence-corrected chi connectivity index (χ0v) is 44.5. The second-order valence-corrected chi connectivity index (χ2v) is 19.0. The number of hydrogen-bond donors (Lipinski definition) is 0. The molecule has 6 aromatic heterocycles. The summed E-state index contributed by atoms with van der Waals surface area (Å²) in [4.78, 5) is 29.0. The summed E-state index contributed by atoms with van der Waals surface area (Å²) < 4.78 is 0. The summed E-state index contributed by atoms with van der Waals surface area (Å²) in [5.41, 5.74) is 18.9. The van der Waals surface area contributed by atoms with E-state index in [-0.39, 0.29) is 19.5 Å². The minimum atomic E-state index is 0. The molecule has 0 spiro atoms. The summed E-state index contributed by atoms with van der Waals surface area (Å²) >= 11 is 0. The van der Waals surface area contributed by atoms with Crippen LogP contribution in [0.15, 0.2) is 292 Å². The molecule has 6 nitrogen and oxygen atoms in total. The zero-order chi connectivity index (χ0) is 52.0. The molecule has 0 aliphatic heterocycles. The van der Waals surface area contributed by atoms with Crippen molar-refractivity contribution in [3.8, 4) is 67.2 Å². The Kier molecular flexibility index (Phi) is 14.4. The van der Waals surface area contributed by atoms with Gasteiger partial charge in [0.2, 0.25) is 0 Å². The number of rotatable bonds is 6. The fourth-order valence-electron chi connectivity index (χ4n) is 10.3. The smallest absolute Gasteiger partial charge is 0.0972 e. The van der Waals surface area contributed by atoms with Gasteiger partial charge in [-0.1, -0.05) is 237 Å². The van der Waals surface area contributed by atoms with Crippen molar-refractivity contribution in [3.63, 3.8) is 0 Å². The van der Waals surface area contributed by atoms with Crippen LogP contribution in [0.3, 0.4) is 0 Å². The van der Waals surface area contributed by atoms with E-state index < -0.39 is 0 Å². The van der Waals surface area contributed by atoms with Crippen LogP contribution in [0.2, 0.25) is 0 Å². The van der Waals surface area contributed by atoms with E-state index in [9.17, 15) is 0 Å². The summed E-state index contributed by atoms with van der Waals surface area (Å²) in [5.74, 6) is 0. The Bertz CT molecular complexity index is 4120. The third-order valence-corrected chi connectivity index (χ3v) is 14.1. The molecule has 0 saturated carbocycles. The molecule has 0 bridgehead atoms. The molecule has 0 fully saturated rings. The Morgan fingerprint density at radius 3 is 0.671 bits per heavy atom. The number of benzene rings is 9. The molecule has 0 radical (unpaired) electrons. The molecule has 6 heterocycles. The third-order valence-electron chi connectivity index (χ3n) is 14.1. The number of pyridine rings is 6. The second-order valence-electron chi connectivity index (χ2n) is 19.0. The number of fused-ring (bicyclic) bond motifs is 9. The summed E-state index contributed by atoms with van der Waals surface area (Å²) in [6.07, 6.45) is 5.49. The van der Waals surface area contributed by atoms with Crippen molar-refractivity contribution in [2.45, 2.75) is 0 Å². The summed E-state index contributed by atoms with van der Waals surface area (Å²) in [6, 6.07) is 93.9. The number of aromatic nitrogens is 6. The first-order valence-electron chi connectivity index (χ1n) is 26.1.